The molecule has 0 aliphatic rings. The molecule has 0 bridgehead atoms. The molecule has 0 fully saturated rings. The number of hydrogen-bond acceptors (Lipinski definition) is 6. The molecule has 2 heterocycles. The molecule has 0 unspecified atom stereocenters. The molecule has 0 atom stereocenters. The first-order valence-corrected chi connectivity index (χ1v) is 8.77. The summed E-state index contributed by atoms with van der Waals surface area (Å²) in [5.41, 5.74) is 3.26. The first-order valence-electron chi connectivity index (χ1n) is 7.01. The van der Waals surface area contributed by atoms with Crippen molar-refractivity contribution in [3.05, 3.63) is 61.8 Å². The van der Waals surface area contributed by atoms with E-state index >= 15 is 0 Å². The number of thiophene rings is 1. The van der Waals surface area contributed by atoms with Crippen LogP contribution in [0.5, 0.6) is 0 Å². The van der Waals surface area contributed by atoms with E-state index in [1.54, 1.807) is 11.4 Å². The number of hydrogen-bond donors (Lipinski definition) is 1. The van der Waals surface area contributed by atoms with Crippen molar-refractivity contribution in [1.82, 2.24) is 4.98 Å². The second kappa shape index (κ2) is 6.50. The summed E-state index contributed by atoms with van der Waals surface area (Å²) in [6.07, 6.45) is 0. The number of amides is 1. The molecular weight excluding hydrogens is 346 g/mol. The van der Waals surface area contributed by atoms with E-state index in [2.05, 4.69) is 10.3 Å². The van der Waals surface area contributed by atoms with Crippen LogP contribution in [-0.4, -0.2) is 15.8 Å². The summed E-state index contributed by atoms with van der Waals surface area (Å²) in [6.45, 7) is 3.86. The normalized spacial score (nSPS) is 10.6. The van der Waals surface area contributed by atoms with Gasteiger partial charge in [-0.2, -0.15) is 0 Å². The highest BCUT2D eigenvalue weighted by Gasteiger charge is 2.15. The molecular formula is C16H13N3O3S2. The summed E-state index contributed by atoms with van der Waals surface area (Å²) >= 11 is 2.54. The zero-order valence-electron chi connectivity index (χ0n) is 12.9. The Morgan fingerprint density at radius 2 is 2.00 bits per heavy atom. The fraction of sp³-hybridized carbons (Fsp3) is 0.125. The Hall–Kier alpha value is -2.58. The lowest BCUT2D eigenvalue weighted by molar-refractivity contribution is -0.384. The van der Waals surface area contributed by atoms with Crippen molar-refractivity contribution in [3.63, 3.8) is 0 Å². The molecule has 0 saturated heterocycles. The van der Waals surface area contributed by atoms with Crippen molar-refractivity contribution in [3.8, 4) is 10.6 Å². The number of carbonyl (C=O) groups is 1. The lowest BCUT2D eigenvalue weighted by Gasteiger charge is -2.06. The summed E-state index contributed by atoms with van der Waals surface area (Å²) in [4.78, 5) is 27.7. The van der Waals surface area contributed by atoms with Gasteiger partial charge >= 0.3 is 0 Å². The molecule has 122 valence electrons. The van der Waals surface area contributed by atoms with E-state index in [9.17, 15) is 14.9 Å². The van der Waals surface area contributed by atoms with E-state index in [0.29, 0.717) is 21.3 Å². The van der Waals surface area contributed by atoms with Crippen LogP contribution in [0.1, 0.15) is 21.5 Å². The number of aryl methyl sites for hydroxylation is 2. The quantitative estimate of drug-likeness (QED) is 0.543. The highest BCUT2D eigenvalue weighted by molar-refractivity contribution is 7.16. The molecule has 0 spiro atoms. The maximum atomic E-state index is 12.4. The van der Waals surface area contributed by atoms with Gasteiger partial charge in [0.15, 0.2) is 5.13 Å². The Morgan fingerprint density at radius 3 is 2.67 bits per heavy atom. The van der Waals surface area contributed by atoms with Gasteiger partial charge in [-0.15, -0.1) is 22.7 Å². The first-order chi connectivity index (χ1) is 11.4. The summed E-state index contributed by atoms with van der Waals surface area (Å²) in [6, 6.07) is 7.11. The van der Waals surface area contributed by atoms with Gasteiger partial charge in [0, 0.05) is 17.0 Å². The van der Waals surface area contributed by atoms with E-state index < -0.39 is 4.92 Å². The monoisotopic (exact) mass is 359 g/mol. The number of nitrogens with zero attached hydrogens (tertiary/aromatic N) is 2. The molecule has 3 aromatic rings. The Bertz CT molecular complexity index is 930. The minimum atomic E-state index is -0.435. The van der Waals surface area contributed by atoms with Gasteiger partial charge < -0.3 is 0 Å². The molecule has 6 nitrogen and oxygen atoms in total. The van der Waals surface area contributed by atoms with Crippen LogP contribution >= 0.6 is 22.7 Å². The summed E-state index contributed by atoms with van der Waals surface area (Å²) in [7, 11) is 0. The van der Waals surface area contributed by atoms with Crippen molar-refractivity contribution in [1.29, 1.82) is 0 Å². The Balaban J connectivity index is 1.78. The predicted octanol–water partition coefficient (Wildman–Crippen LogP) is 4.65. The van der Waals surface area contributed by atoms with E-state index in [4.69, 9.17) is 0 Å². The Labute approximate surface area is 146 Å². The van der Waals surface area contributed by atoms with Gasteiger partial charge in [0.1, 0.15) is 0 Å². The Kier molecular flexibility index (Phi) is 4.41. The number of nitro groups is 1. The minimum absolute atomic E-state index is 0.0452. The molecule has 0 aliphatic carbocycles. The third kappa shape index (κ3) is 3.34. The lowest BCUT2D eigenvalue weighted by Crippen LogP contribution is -2.13. The number of aromatic nitrogens is 1. The van der Waals surface area contributed by atoms with Crippen molar-refractivity contribution in [2.45, 2.75) is 13.8 Å². The number of carbonyl (C=O) groups excluding carboxylic acids is 1. The fourth-order valence-corrected chi connectivity index (χ4v) is 3.83. The van der Waals surface area contributed by atoms with Crippen molar-refractivity contribution in [2.75, 3.05) is 5.32 Å². The van der Waals surface area contributed by atoms with Gasteiger partial charge in [-0.05, 0) is 25.5 Å². The molecule has 1 N–H and O–H groups in total. The number of thiazole rings is 1. The van der Waals surface area contributed by atoms with Gasteiger partial charge in [0.2, 0.25) is 0 Å². The molecule has 24 heavy (non-hydrogen) atoms. The fourth-order valence-electron chi connectivity index (χ4n) is 2.23. The number of benzene rings is 1. The maximum Gasteiger partial charge on any atom is 0.280 e. The lowest BCUT2D eigenvalue weighted by atomic mass is 10.1. The van der Waals surface area contributed by atoms with E-state index in [-0.39, 0.29) is 11.6 Å². The topological polar surface area (TPSA) is 85.1 Å². The second-order valence-electron chi connectivity index (χ2n) is 5.24. The largest absolute Gasteiger partial charge is 0.298 e. The van der Waals surface area contributed by atoms with Gasteiger partial charge in [-0.25, -0.2) is 4.98 Å². The van der Waals surface area contributed by atoms with Crippen LogP contribution in [0, 0.1) is 24.0 Å². The molecule has 0 radical (unpaired) electrons. The average Bonchev–Trinajstić information content (AvgIpc) is 3.15. The average molecular weight is 359 g/mol. The Morgan fingerprint density at radius 1 is 1.21 bits per heavy atom. The van der Waals surface area contributed by atoms with Crippen molar-refractivity contribution in [2.24, 2.45) is 0 Å². The standard InChI is InChI=1S/C16H13N3O3S2/c1-9-3-4-12(10(2)5-9)15(20)18-16-17-13(8-24-16)14-6-11(7-23-14)19(21)22/h3-8H,1-2H3,(H,17,18,20). The smallest absolute Gasteiger partial charge is 0.280 e. The minimum Gasteiger partial charge on any atom is -0.298 e. The predicted molar refractivity (Wildman–Crippen MR) is 96.0 cm³/mol. The zero-order chi connectivity index (χ0) is 17.3. The van der Waals surface area contributed by atoms with Crippen LogP contribution in [0.3, 0.4) is 0 Å². The van der Waals surface area contributed by atoms with Gasteiger partial charge in [-0.3, -0.25) is 20.2 Å². The third-order valence-corrected chi connectivity index (χ3v) is 5.10. The van der Waals surface area contributed by atoms with Crippen LogP contribution in [0.15, 0.2) is 35.0 Å². The summed E-state index contributed by atoms with van der Waals surface area (Å²) in [5.74, 6) is -0.217. The number of nitrogens with one attached hydrogen (secondary N) is 1. The molecule has 0 saturated carbocycles. The number of anilines is 1. The van der Waals surface area contributed by atoms with Gasteiger partial charge in [-0.1, -0.05) is 17.7 Å². The van der Waals surface area contributed by atoms with Crippen LogP contribution in [0.2, 0.25) is 0 Å². The third-order valence-electron chi connectivity index (χ3n) is 3.40. The second-order valence-corrected chi connectivity index (χ2v) is 7.01. The highest BCUT2D eigenvalue weighted by Crippen LogP contribution is 2.33. The molecule has 2 aromatic heterocycles. The molecule has 1 amide bonds. The van der Waals surface area contributed by atoms with Gasteiger partial charge in [0.25, 0.3) is 11.6 Å². The summed E-state index contributed by atoms with van der Waals surface area (Å²) < 4.78 is 0. The zero-order valence-corrected chi connectivity index (χ0v) is 14.5. The summed E-state index contributed by atoms with van der Waals surface area (Å²) in [5, 5.41) is 17.2. The van der Waals surface area contributed by atoms with E-state index in [1.807, 2.05) is 26.0 Å². The van der Waals surface area contributed by atoms with Gasteiger partial charge in [0.05, 0.1) is 20.9 Å². The highest BCUT2D eigenvalue weighted by atomic mass is 32.1. The van der Waals surface area contributed by atoms with Crippen LogP contribution in [0.25, 0.3) is 10.6 Å². The van der Waals surface area contributed by atoms with Crippen LogP contribution in [-0.2, 0) is 0 Å². The maximum absolute atomic E-state index is 12.4. The van der Waals surface area contributed by atoms with E-state index in [0.717, 1.165) is 11.1 Å². The first kappa shape index (κ1) is 16.3. The van der Waals surface area contributed by atoms with Crippen molar-refractivity contribution >= 4 is 39.4 Å². The van der Waals surface area contributed by atoms with E-state index in [1.165, 1.54) is 34.1 Å². The van der Waals surface area contributed by atoms with Crippen LogP contribution < -0.4 is 5.32 Å². The van der Waals surface area contributed by atoms with Crippen LogP contribution in [0.4, 0.5) is 10.8 Å². The molecule has 0 aliphatic heterocycles. The molecule has 3 rings (SSSR count). The van der Waals surface area contributed by atoms with Crippen molar-refractivity contribution < 1.29 is 9.72 Å². The number of rotatable bonds is 4. The SMILES string of the molecule is Cc1ccc(C(=O)Nc2nc(-c3cc([N+](=O)[O-])cs3)cs2)c(C)c1. The molecule has 1 aromatic carbocycles. The molecule has 8 heteroatoms.